The maximum absolute atomic E-state index is 13.8. The highest BCUT2D eigenvalue weighted by molar-refractivity contribution is 6.32. The Balaban J connectivity index is 1.51. The van der Waals surface area contributed by atoms with Crippen LogP contribution in [0.15, 0.2) is 72.8 Å². The topological polar surface area (TPSA) is 58.2 Å². The third kappa shape index (κ3) is 7.27. The summed E-state index contributed by atoms with van der Waals surface area (Å²) in [6, 6.07) is 15.8. The fourth-order valence-corrected chi connectivity index (χ4v) is 3.46. The summed E-state index contributed by atoms with van der Waals surface area (Å²) in [6.07, 6.45) is 5.06. The summed E-state index contributed by atoms with van der Waals surface area (Å²) in [5.41, 5.74) is 1.91. The van der Waals surface area contributed by atoms with E-state index in [9.17, 15) is 18.4 Å². The van der Waals surface area contributed by atoms with Crippen LogP contribution in [0, 0.1) is 11.6 Å². The largest absolute Gasteiger partial charge is 0.348 e. The first-order chi connectivity index (χ1) is 16.3. The lowest BCUT2D eigenvalue weighted by atomic mass is 10.1. The van der Waals surface area contributed by atoms with E-state index in [-0.39, 0.29) is 34.3 Å². The van der Waals surface area contributed by atoms with Crippen molar-refractivity contribution in [1.82, 2.24) is 10.6 Å². The molecule has 0 unspecified atom stereocenters. The van der Waals surface area contributed by atoms with Crippen LogP contribution < -0.4 is 10.6 Å². The number of nitrogens with one attached hydrogen (secondary N) is 2. The fourth-order valence-electron chi connectivity index (χ4n) is 3.00. The SMILES string of the molecule is O=C(C=Cc1c(F)cccc1Cl)NCc1cccc(CNC(=O)C=Cc2c(F)cccc2Cl)c1. The average molecular weight is 501 g/mol. The number of benzene rings is 3. The van der Waals surface area contributed by atoms with Crippen LogP contribution in [-0.2, 0) is 22.7 Å². The van der Waals surface area contributed by atoms with Crippen molar-refractivity contribution in [3.63, 3.8) is 0 Å². The van der Waals surface area contributed by atoms with Gasteiger partial charge in [0.15, 0.2) is 0 Å². The molecule has 0 aliphatic rings. The molecule has 0 saturated carbocycles. The molecule has 0 aromatic heterocycles. The van der Waals surface area contributed by atoms with Gasteiger partial charge in [0, 0.05) is 36.4 Å². The molecule has 2 N–H and O–H groups in total. The van der Waals surface area contributed by atoms with Crippen LogP contribution in [0.1, 0.15) is 22.3 Å². The Morgan fingerprint density at radius 2 is 1.12 bits per heavy atom. The molecule has 0 radical (unpaired) electrons. The highest BCUT2D eigenvalue weighted by atomic mass is 35.5. The Labute approximate surface area is 205 Å². The lowest BCUT2D eigenvalue weighted by molar-refractivity contribution is -0.117. The molecule has 0 atom stereocenters. The molecule has 0 aliphatic heterocycles. The van der Waals surface area contributed by atoms with Crippen LogP contribution >= 0.6 is 23.2 Å². The highest BCUT2D eigenvalue weighted by Crippen LogP contribution is 2.21. The average Bonchev–Trinajstić information content (AvgIpc) is 2.81. The maximum atomic E-state index is 13.8. The predicted octanol–water partition coefficient (Wildman–Crippen LogP) is 5.93. The number of hydrogen-bond donors (Lipinski definition) is 2. The van der Waals surface area contributed by atoms with Gasteiger partial charge in [-0.3, -0.25) is 9.59 Å². The third-order valence-corrected chi connectivity index (χ3v) is 5.39. The Morgan fingerprint density at radius 3 is 1.53 bits per heavy atom. The first-order valence-corrected chi connectivity index (χ1v) is 11.0. The molecule has 3 aromatic carbocycles. The van der Waals surface area contributed by atoms with E-state index in [1.165, 1.54) is 60.7 Å². The summed E-state index contributed by atoms with van der Waals surface area (Å²) >= 11 is 11.9. The standard InChI is InChI=1S/C26H20Cl2F2N2O2/c27-21-6-2-8-23(29)19(21)10-12-25(33)31-15-17-4-1-5-18(14-17)16-32-26(34)13-11-20-22(28)7-3-9-24(20)30/h1-14H,15-16H2,(H,31,33)(H,32,34). The number of hydrogen-bond acceptors (Lipinski definition) is 2. The molecule has 2 amide bonds. The van der Waals surface area contributed by atoms with E-state index in [1.54, 1.807) is 6.07 Å². The van der Waals surface area contributed by atoms with Crippen LogP contribution in [-0.4, -0.2) is 11.8 Å². The predicted molar refractivity (Wildman–Crippen MR) is 131 cm³/mol. The summed E-state index contributed by atoms with van der Waals surface area (Å²) in [7, 11) is 0. The Bertz CT molecular complexity index is 1130. The number of amides is 2. The highest BCUT2D eigenvalue weighted by Gasteiger charge is 2.06. The first-order valence-electron chi connectivity index (χ1n) is 10.2. The number of rotatable bonds is 8. The van der Waals surface area contributed by atoms with Gasteiger partial charge < -0.3 is 10.6 Å². The molecule has 4 nitrogen and oxygen atoms in total. The molecule has 0 aliphatic carbocycles. The molecular formula is C26H20Cl2F2N2O2. The monoisotopic (exact) mass is 500 g/mol. The molecule has 0 heterocycles. The smallest absolute Gasteiger partial charge is 0.244 e. The van der Waals surface area contributed by atoms with Crippen molar-refractivity contribution in [2.24, 2.45) is 0 Å². The van der Waals surface area contributed by atoms with Gasteiger partial charge in [-0.25, -0.2) is 8.78 Å². The first kappa shape index (κ1) is 25.1. The van der Waals surface area contributed by atoms with E-state index in [4.69, 9.17) is 23.2 Å². The molecule has 34 heavy (non-hydrogen) atoms. The van der Waals surface area contributed by atoms with Crippen molar-refractivity contribution in [2.75, 3.05) is 0 Å². The summed E-state index contributed by atoms with van der Waals surface area (Å²) in [6.45, 7) is 0.475. The van der Waals surface area contributed by atoms with Crippen LogP contribution in [0.4, 0.5) is 8.78 Å². The Hall–Kier alpha value is -3.48. The number of halogens is 4. The van der Waals surface area contributed by atoms with Crippen molar-refractivity contribution in [3.05, 3.63) is 117 Å². The summed E-state index contributed by atoms with van der Waals surface area (Å²) in [5.74, 6) is -1.85. The van der Waals surface area contributed by atoms with E-state index in [1.807, 2.05) is 18.2 Å². The maximum Gasteiger partial charge on any atom is 0.244 e. The zero-order chi connectivity index (χ0) is 24.5. The fraction of sp³-hybridized carbons (Fsp3) is 0.0769. The lowest BCUT2D eigenvalue weighted by Crippen LogP contribution is -2.21. The van der Waals surface area contributed by atoms with Gasteiger partial charge in [0.1, 0.15) is 11.6 Å². The third-order valence-electron chi connectivity index (χ3n) is 4.73. The summed E-state index contributed by atoms with van der Waals surface area (Å²) < 4.78 is 27.5. The van der Waals surface area contributed by atoms with Gasteiger partial charge in [0.05, 0.1) is 10.0 Å². The van der Waals surface area contributed by atoms with E-state index in [0.717, 1.165) is 11.1 Å². The quantitative estimate of drug-likeness (QED) is 0.376. The second-order valence-corrected chi connectivity index (χ2v) is 8.01. The lowest BCUT2D eigenvalue weighted by Gasteiger charge is -2.07. The van der Waals surface area contributed by atoms with E-state index < -0.39 is 23.4 Å². The Morgan fingerprint density at radius 1 is 0.706 bits per heavy atom. The van der Waals surface area contributed by atoms with Crippen LogP contribution in [0.5, 0.6) is 0 Å². The minimum atomic E-state index is -0.516. The van der Waals surface area contributed by atoms with Crippen molar-refractivity contribution < 1.29 is 18.4 Å². The van der Waals surface area contributed by atoms with Gasteiger partial charge in [-0.2, -0.15) is 0 Å². The molecule has 3 rings (SSSR count). The van der Waals surface area contributed by atoms with Crippen LogP contribution in [0.25, 0.3) is 12.2 Å². The Kier molecular flexibility index (Phi) is 8.96. The van der Waals surface area contributed by atoms with Crippen molar-refractivity contribution in [3.8, 4) is 0 Å². The molecule has 0 bridgehead atoms. The number of carbonyl (C=O) groups excluding carboxylic acids is 2. The normalized spacial score (nSPS) is 11.2. The van der Waals surface area contributed by atoms with E-state index in [2.05, 4.69) is 10.6 Å². The zero-order valence-corrected chi connectivity index (χ0v) is 19.3. The van der Waals surface area contributed by atoms with Gasteiger partial charge in [-0.05, 0) is 47.5 Å². The molecule has 0 spiro atoms. The minimum Gasteiger partial charge on any atom is -0.348 e. The molecule has 3 aromatic rings. The van der Waals surface area contributed by atoms with E-state index in [0.29, 0.717) is 0 Å². The van der Waals surface area contributed by atoms with Gasteiger partial charge >= 0.3 is 0 Å². The molecule has 0 saturated heterocycles. The second-order valence-electron chi connectivity index (χ2n) is 7.19. The van der Waals surface area contributed by atoms with Crippen molar-refractivity contribution >= 4 is 47.2 Å². The summed E-state index contributed by atoms with van der Waals surface area (Å²) in [5, 5.41) is 5.85. The van der Waals surface area contributed by atoms with E-state index >= 15 is 0 Å². The van der Waals surface area contributed by atoms with Crippen LogP contribution in [0.2, 0.25) is 10.0 Å². The summed E-state index contributed by atoms with van der Waals surface area (Å²) in [4.78, 5) is 24.2. The van der Waals surface area contributed by atoms with Gasteiger partial charge in [0.25, 0.3) is 0 Å². The van der Waals surface area contributed by atoms with Crippen molar-refractivity contribution in [2.45, 2.75) is 13.1 Å². The molecule has 0 fully saturated rings. The molecule has 8 heteroatoms. The minimum absolute atomic E-state index is 0.142. The molecular weight excluding hydrogens is 481 g/mol. The second kappa shape index (κ2) is 12.1. The molecule has 174 valence electrons. The van der Waals surface area contributed by atoms with Gasteiger partial charge in [-0.15, -0.1) is 0 Å². The van der Waals surface area contributed by atoms with Gasteiger partial charge in [0.2, 0.25) is 11.8 Å². The van der Waals surface area contributed by atoms with Crippen LogP contribution in [0.3, 0.4) is 0 Å². The van der Waals surface area contributed by atoms with Crippen molar-refractivity contribution in [1.29, 1.82) is 0 Å². The van der Waals surface area contributed by atoms with Gasteiger partial charge in [-0.1, -0.05) is 59.6 Å². The zero-order valence-electron chi connectivity index (χ0n) is 17.8. The number of carbonyl (C=O) groups is 2.